The molecule has 0 fully saturated rings. The van der Waals surface area contributed by atoms with Gasteiger partial charge in [-0.25, -0.2) is 9.59 Å². The highest BCUT2D eigenvalue weighted by molar-refractivity contribution is 5.92. The van der Waals surface area contributed by atoms with E-state index in [-0.39, 0.29) is 17.6 Å². The molecule has 1 atom stereocenters. The number of aromatic carboxylic acids is 1. The highest BCUT2D eigenvalue weighted by atomic mass is 16.5. The molecule has 0 saturated heterocycles. The van der Waals surface area contributed by atoms with E-state index in [0.29, 0.717) is 5.56 Å². The highest BCUT2D eigenvalue weighted by Crippen LogP contribution is 2.19. The van der Waals surface area contributed by atoms with Gasteiger partial charge in [0.15, 0.2) is 0 Å². The monoisotopic (exact) mass is 432 g/mol. The Morgan fingerprint density at radius 2 is 1.06 bits per heavy atom. The van der Waals surface area contributed by atoms with Gasteiger partial charge in [-0.1, -0.05) is 79.1 Å². The Balaban J connectivity index is 2.48. The lowest BCUT2D eigenvalue weighted by atomic mass is 10.00. The first-order chi connectivity index (χ1) is 14.8. The second-order valence-corrected chi connectivity index (χ2v) is 9.68. The first-order valence-electron chi connectivity index (χ1n) is 12.3. The minimum Gasteiger partial charge on any atom is -0.478 e. The van der Waals surface area contributed by atoms with Crippen LogP contribution >= 0.6 is 0 Å². The first-order valence-corrected chi connectivity index (χ1v) is 12.3. The number of carbonyl (C=O) groups is 2. The molecule has 0 saturated carbocycles. The van der Waals surface area contributed by atoms with Gasteiger partial charge in [0.2, 0.25) is 0 Å². The van der Waals surface area contributed by atoms with Crippen molar-refractivity contribution in [3.05, 3.63) is 35.4 Å². The molecule has 1 unspecified atom stereocenters. The molecule has 1 aromatic carbocycles. The van der Waals surface area contributed by atoms with Crippen LogP contribution in [0.25, 0.3) is 0 Å². The number of rotatable bonds is 17. The number of hydrogen-bond donors (Lipinski definition) is 1. The van der Waals surface area contributed by atoms with Crippen molar-refractivity contribution in [3.63, 3.8) is 0 Å². The Kier molecular flexibility index (Phi) is 13.9. The molecule has 0 aliphatic rings. The van der Waals surface area contributed by atoms with Gasteiger partial charge in [-0.15, -0.1) is 0 Å². The Labute approximate surface area is 189 Å². The van der Waals surface area contributed by atoms with Crippen molar-refractivity contribution in [2.24, 2.45) is 11.8 Å². The molecule has 1 aromatic rings. The number of carboxylic acid groups (broad SMARTS) is 1. The second kappa shape index (κ2) is 15.9. The molecule has 4 nitrogen and oxygen atoms in total. The van der Waals surface area contributed by atoms with E-state index in [1.165, 1.54) is 63.5 Å². The van der Waals surface area contributed by atoms with Crippen molar-refractivity contribution in [1.82, 2.24) is 0 Å². The minimum atomic E-state index is -0.993. The summed E-state index contributed by atoms with van der Waals surface area (Å²) in [5, 5.41) is 9.02. The van der Waals surface area contributed by atoms with Crippen molar-refractivity contribution >= 4 is 11.9 Å². The largest absolute Gasteiger partial charge is 0.478 e. The Hall–Kier alpha value is -1.84. The smallest absolute Gasteiger partial charge is 0.338 e. The molecule has 0 heterocycles. The maximum atomic E-state index is 12.6. The topological polar surface area (TPSA) is 63.6 Å². The molecule has 0 radical (unpaired) electrons. The Morgan fingerprint density at radius 1 is 0.677 bits per heavy atom. The van der Waals surface area contributed by atoms with Gasteiger partial charge in [-0.05, 0) is 61.8 Å². The van der Waals surface area contributed by atoms with Crippen molar-refractivity contribution in [2.75, 3.05) is 0 Å². The Morgan fingerprint density at radius 3 is 1.52 bits per heavy atom. The predicted molar refractivity (Wildman–Crippen MR) is 128 cm³/mol. The van der Waals surface area contributed by atoms with E-state index in [1.54, 1.807) is 12.1 Å². The maximum Gasteiger partial charge on any atom is 0.338 e. The van der Waals surface area contributed by atoms with Crippen LogP contribution in [0.2, 0.25) is 0 Å². The highest BCUT2D eigenvalue weighted by Gasteiger charge is 2.16. The average Bonchev–Trinajstić information content (AvgIpc) is 2.72. The molecular weight excluding hydrogens is 388 g/mol. The van der Waals surface area contributed by atoms with Gasteiger partial charge < -0.3 is 9.84 Å². The first kappa shape index (κ1) is 27.2. The molecular formula is C27H44O4. The lowest BCUT2D eigenvalue weighted by molar-refractivity contribution is 0.0248. The summed E-state index contributed by atoms with van der Waals surface area (Å²) in [5.74, 6) is 0.177. The van der Waals surface area contributed by atoms with Gasteiger partial charge in [0.1, 0.15) is 6.10 Å². The summed E-state index contributed by atoms with van der Waals surface area (Å²) in [7, 11) is 0. The van der Waals surface area contributed by atoms with E-state index in [4.69, 9.17) is 9.84 Å². The molecule has 0 spiro atoms. The van der Waals surface area contributed by atoms with Gasteiger partial charge >= 0.3 is 11.9 Å². The number of hydrogen-bond acceptors (Lipinski definition) is 3. The van der Waals surface area contributed by atoms with E-state index < -0.39 is 5.97 Å². The summed E-state index contributed by atoms with van der Waals surface area (Å²) in [6, 6.07) is 5.99. The van der Waals surface area contributed by atoms with Gasteiger partial charge in [-0.2, -0.15) is 0 Å². The van der Waals surface area contributed by atoms with Crippen LogP contribution in [0, 0.1) is 11.8 Å². The van der Waals surface area contributed by atoms with Crippen LogP contribution in [0.3, 0.4) is 0 Å². The molecule has 31 heavy (non-hydrogen) atoms. The fraction of sp³-hybridized carbons (Fsp3) is 0.704. The number of esters is 1. The van der Waals surface area contributed by atoms with E-state index in [9.17, 15) is 9.59 Å². The minimum absolute atomic E-state index is 0.0543. The summed E-state index contributed by atoms with van der Waals surface area (Å²) in [6.45, 7) is 9.05. The number of benzene rings is 1. The number of carboxylic acids is 1. The summed E-state index contributed by atoms with van der Waals surface area (Å²) in [6.07, 6.45) is 13.9. The van der Waals surface area contributed by atoms with E-state index in [1.807, 2.05) is 0 Å². The zero-order chi connectivity index (χ0) is 23.1. The standard InChI is InChI=1S/C27H44O4/c1-21(2)13-9-6-5-7-11-15-25(16-12-8-10-14-22(3)4)31-27(30)24-19-17-23(18-20-24)26(28)29/h17-22,25H,5-16H2,1-4H3,(H,28,29). The van der Waals surface area contributed by atoms with Crippen molar-refractivity contribution in [1.29, 1.82) is 0 Å². The fourth-order valence-corrected chi connectivity index (χ4v) is 3.79. The van der Waals surface area contributed by atoms with Crippen LogP contribution in [-0.2, 0) is 4.74 Å². The zero-order valence-corrected chi connectivity index (χ0v) is 20.2. The number of carbonyl (C=O) groups excluding carboxylic acids is 1. The van der Waals surface area contributed by atoms with Crippen molar-refractivity contribution in [3.8, 4) is 0 Å². The SMILES string of the molecule is CC(C)CCCCCCCC(CCCCCC(C)C)OC(=O)c1ccc(C(=O)O)cc1. The van der Waals surface area contributed by atoms with E-state index in [0.717, 1.165) is 37.5 Å². The van der Waals surface area contributed by atoms with Crippen molar-refractivity contribution < 1.29 is 19.4 Å². The molecule has 0 bridgehead atoms. The summed E-state index contributed by atoms with van der Waals surface area (Å²) in [4.78, 5) is 23.6. The lowest BCUT2D eigenvalue weighted by Gasteiger charge is -2.18. The van der Waals surface area contributed by atoms with Crippen LogP contribution in [0.15, 0.2) is 24.3 Å². The molecule has 176 valence electrons. The van der Waals surface area contributed by atoms with Crippen LogP contribution in [-0.4, -0.2) is 23.1 Å². The number of unbranched alkanes of at least 4 members (excludes halogenated alkanes) is 6. The average molecular weight is 433 g/mol. The van der Waals surface area contributed by atoms with Crippen LogP contribution in [0.4, 0.5) is 0 Å². The van der Waals surface area contributed by atoms with Crippen molar-refractivity contribution in [2.45, 2.75) is 111 Å². The normalized spacial score (nSPS) is 12.3. The third-order valence-corrected chi connectivity index (χ3v) is 5.76. The van der Waals surface area contributed by atoms with Crippen LogP contribution in [0.5, 0.6) is 0 Å². The van der Waals surface area contributed by atoms with Gasteiger partial charge in [-0.3, -0.25) is 0 Å². The maximum absolute atomic E-state index is 12.6. The van der Waals surface area contributed by atoms with E-state index in [2.05, 4.69) is 27.7 Å². The number of ether oxygens (including phenoxy) is 1. The van der Waals surface area contributed by atoms with E-state index >= 15 is 0 Å². The predicted octanol–water partition coefficient (Wildman–Crippen LogP) is 7.90. The molecule has 0 aliphatic carbocycles. The molecule has 1 rings (SSSR count). The summed E-state index contributed by atoms with van der Waals surface area (Å²) >= 11 is 0. The Bertz CT molecular complexity index is 619. The third kappa shape index (κ3) is 13.2. The summed E-state index contributed by atoms with van der Waals surface area (Å²) < 4.78 is 5.84. The van der Waals surface area contributed by atoms with Crippen LogP contribution < -0.4 is 0 Å². The molecule has 1 N–H and O–H groups in total. The molecule has 0 aliphatic heterocycles. The van der Waals surface area contributed by atoms with Gasteiger partial charge in [0, 0.05) is 0 Å². The quantitative estimate of drug-likeness (QED) is 0.201. The van der Waals surface area contributed by atoms with Gasteiger partial charge in [0.05, 0.1) is 11.1 Å². The fourth-order valence-electron chi connectivity index (χ4n) is 3.79. The molecule has 0 aromatic heterocycles. The third-order valence-electron chi connectivity index (χ3n) is 5.76. The molecule has 4 heteroatoms. The summed E-state index contributed by atoms with van der Waals surface area (Å²) in [5.41, 5.74) is 0.596. The van der Waals surface area contributed by atoms with Gasteiger partial charge in [0.25, 0.3) is 0 Å². The van der Waals surface area contributed by atoms with Crippen LogP contribution in [0.1, 0.15) is 125 Å². The lowest BCUT2D eigenvalue weighted by Crippen LogP contribution is -2.18. The molecule has 0 amide bonds. The second-order valence-electron chi connectivity index (χ2n) is 9.68. The zero-order valence-electron chi connectivity index (χ0n) is 20.2.